The van der Waals surface area contributed by atoms with E-state index in [4.69, 9.17) is 0 Å². The molecule has 0 aliphatic carbocycles. The summed E-state index contributed by atoms with van der Waals surface area (Å²) in [6.07, 6.45) is 0.471. The first kappa shape index (κ1) is 11.7. The zero-order valence-corrected chi connectivity index (χ0v) is 9.39. The lowest BCUT2D eigenvalue weighted by Gasteiger charge is -2.04. The summed E-state index contributed by atoms with van der Waals surface area (Å²) in [6.45, 7) is 2.73. The van der Waals surface area contributed by atoms with Crippen molar-refractivity contribution in [1.82, 2.24) is 10.6 Å². The molecular weight excluding hydrogens is 212 g/mol. The number of thiophene rings is 1. The largest absolute Gasteiger partial charge is 0.354 e. The van der Waals surface area contributed by atoms with E-state index in [-0.39, 0.29) is 11.8 Å². The van der Waals surface area contributed by atoms with Crippen LogP contribution in [0.4, 0.5) is 0 Å². The fourth-order valence-corrected chi connectivity index (χ4v) is 1.64. The van der Waals surface area contributed by atoms with Crippen LogP contribution in [0.3, 0.4) is 0 Å². The van der Waals surface area contributed by atoms with Gasteiger partial charge < -0.3 is 10.6 Å². The number of hydrogen-bond donors (Lipinski definition) is 2. The fraction of sp³-hybridized carbons (Fsp3) is 0.400. The second kappa shape index (κ2) is 6.19. The summed E-state index contributed by atoms with van der Waals surface area (Å²) in [6, 6.07) is 3.60. The van der Waals surface area contributed by atoms with Gasteiger partial charge in [0, 0.05) is 19.5 Å². The topological polar surface area (TPSA) is 58.2 Å². The van der Waals surface area contributed by atoms with E-state index in [1.165, 1.54) is 11.3 Å². The maximum absolute atomic E-state index is 11.4. The molecule has 1 rings (SSSR count). The first-order valence-electron chi connectivity index (χ1n) is 4.82. The molecule has 0 aromatic carbocycles. The highest BCUT2D eigenvalue weighted by Gasteiger charge is 2.04. The van der Waals surface area contributed by atoms with E-state index in [2.05, 4.69) is 10.6 Å². The monoisotopic (exact) mass is 226 g/mol. The van der Waals surface area contributed by atoms with Gasteiger partial charge in [-0.25, -0.2) is 0 Å². The zero-order chi connectivity index (χ0) is 11.1. The van der Waals surface area contributed by atoms with Crippen molar-refractivity contribution in [3.63, 3.8) is 0 Å². The molecule has 0 aliphatic rings. The van der Waals surface area contributed by atoms with Gasteiger partial charge in [-0.15, -0.1) is 11.3 Å². The Bertz CT molecular complexity index is 322. The van der Waals surface area contributed by atoms with E-state index in [1.54, 1.807) is 13.0 Å². The Labute approximate surface area is 92.7 Å². The lowest BCUT2D eigenvalue weighted by atomic mass is 10.4. The molecular formula is C10H14N2O2S. The maximum atomic E-state index is 11.4. The Morgan fingerprint density at radius 2 is 2.07 bits per heavy atom. The van der Waals surface area contributed by atoms with Gasteiger partial charge in [-0.2, -0.15) is 0 Å². The molecule has 0 aliphatic heterocycles. The fourth-order valence-electron chi connectivity index (χ4n) is 0.998. The van der Waals surface area contributed by atoms with Crippen LogP contribution in [0, 0.1) is 0 Å². The van der Waals surface area contributed by atoms with Gasteiger partial charge in [-0.05, 0) is 11.4 Å². The summed E-state index contributed by atoms with van der Waals surface area (Å²) in [5, 5.41) is 7.26. The predicted octanol–water partition coefficient (Wildman–Crippen LogP) is 1.00. The van der Waals surface area contributed by atoms with Crippen molar-refractivity contribution in [2.45, 2.75) is 13.3 Å². The molecule has 0 atom stereocenters. The number of amides is 2. The van der Waals surface area contributed by atoms with Crippen molar-refractivity contribution in [3.8, 4) is 0 Å². The minimum absolute atomic E-state index is 0.000345. The Kier molecular flexibility index (Phi) is 4.83. The summed E-state index contributed by atoms with van der Waals surface area (Å²) in [5.41, 5.74) is 0. The van der Waals surface area contributed by atoms with Crippen LogP contribution in [-0.2, 0) is 4.79 Å². The second-order valence-corrected chi connectivity index (χ2v) is 3.88. The highest BCUT2D eigenvalue weighted by Crippen LogP contribution is 2.07. The van der Waals surface area contributed by atoms with Crippen LogP contribution in [0.2, 0.25) is 0 Å². The average Bonchev–Trinajstić information content (AvgIpc) is 2.77. The molecule has 0 saturated carbocycles. The Hall–Kier alpha value is -1.36. The molecule has 0 fully saturated rings. The number of hydrogen-bond acceptors (Lipinski definition) is 3. The van der Waals surface area contributed by atoms with Crippen LogP contribution in [0.5, 0.6) is 0 Å². The Morgan fingerprint density at radius 1 is 1.33 bits per heavy atom. The lowest BCUT2D eigenvalue weighted by molar-refractivity contribution is -0.120. The number of carbonyl (C=O) groups is 2. The maximum Gasteiger partial charge on any atom is 0.261 e. The lowest BCUT2D eigenvalue weighted by Crippen LogP contribution is -2.34. The summed E-state index contributed by atoms with van der Waals surface area (Å²) in [7, 11) is 0. The molecule has 0 saturated heterocycles. The normalized spacial score (nSPS) is 9.67. The summed E-state index contributed by atoms with van der Waals surface area (Å²) in [4.78, 5) is 23.0. The quantitative estimate of drug-likeness (QED) is 0.736. The van der Waals surface area contributed by atoms with Gasteiger partial charge in [0.1, 0.15) is 0 Å². The summed E-state index contributed by atoms with van der Waals surface area (Å²) >= 11 is 1.40. The van der Waals surface area contributed by atoms with Crippen LogP contribution < -0.4 is 10.6 Å². The Morgan fingerprint density at radius 3 is 2.67 bits per heavy atom. The molecule has 2 amide bonds. The minimum Gasteiger partial charge on any atom is -0.354 e. The van der Waals surface area contributed by atoms with Gasteiger partial charge in [0.15, 0.2) is 0 Å². The van der Waals surface area contributed by atoms with Crippen LogP contribution in [0.25, 0.3) is 0 Å². The molecule has 1 heterocycles. The van der Waals surface area contributed by atoms with Crippen molar-refractivity contribution in [2.75, 3.05) is 13.1 Å². The SMILES string of the molecule is CCC(=O)NCCNC(=O)c1cccs1. The molecule has 0 bridgehead atoms. The molecule has 15 heavy (non-hydrogen) atoms. The minimum atomic E-state index is -0.0873. The first-order chi connectivity index (χ1) is 7.24. The van der Waals surface area contributed by atoms with E-state index >= 15 is 0 Å². The molecule has 2 N–H and O–H groups in total. The van der Waals surface area contributed by atoms with Gasteiger partial charge in [0.25, 0.3) is 5.91 Å². The van der Waals surface area contributed by atoms with Crippen molar-refractivity contribution in [2.24, 2.45) is 0 Å². The van der Waals surface area contributed by atoms with Crippen molar-refractivity contribution in [1.29, 1.82) is 0 Å². The third-order valence-electron chi connectivity index (χ3n) is 1.80. The third kappa shape index (κ3) is 4.12. The van der Waals surface area contributed by atoms with Crippen LogP contribution >= 0.6 is 11.3 Å². The van der Waals surface area contributed by atoms with Crippen molar-refractivity contribution >= 4 is 23.2 Å². The molecule has 1 aromatic rings. The molecule has 0 radical (unpaired) electrons. The number of carbonyl (C=O) groups excluding carboxylic acids is 2. The van der Waals surface area contributed by atoms with Crippen molar-refractivity contribution < 1.29 is 9.59 Å². The number of rotatable bonds is 5. The van der Waals surface area contributed by atoms with E-state index in [9.17, 15) is 9.59 Å². The van der Waals surface area contributed by atoms with Crippen LogP contribution in [-0.4, -0.2) is 24.9 Å². The summed E-state index contributed by atoms with van der Waals surface area (Å²) < 4.78 is 0. The number of nitrogens with one attached hydrogen (secondary N) is 2. The van der Waals surface area contributed by atoms with Gasteiger partial charge >= 0.3 is 0 Å². The van der Waals surface area contributed by atoms with Gasteiger partial charge in [0.2, 0.25) is 5.91 Å². The second-order valence-electron chi connectivity index (χ2n) is 2.94. The van der Waals surface area contributed by atoms with Crippen LogP contribution in [0.15, 0.2) is 17.5 Å². The zero-order valence-electron chi connectivity index (χ0n) is 8.58. The highest BCUT2D eigenvalue weighted by atomic mass is 32.1. The van der Waals surface area contributed by atoms with Gasteiger partial charge in [0.05, 0.1) is 4.88 Å². The smallest absolute Gasteiger partial charge is 0.261 e. The van der Waals surface area contributed by atoms with Crippen LogP contribution in [0.1, 0.15) is 23.0 Å². The molecule has 4 nitrogen and oxygen atoms in total. The molecule has 0 unspecified atom stereocenters. The first-order valence-corrected chi connectivity index (χ1v) is 5.70. The molecule has 5 heteroatoms. The van der Waals surface area contributed by atoms with E-state index in [0.29, 0.717) is 24.4 Å². The molecule has 82 valence electrons. The third-order valence-corrected chi connectivity index (χ3v) is 2.67. The van der Waals surface area contributed by atoms with E-state index < -0.39 is 0 Å². The van der Waals surface area contributed by atoms with Gasteiger partial charge in [-0.1, -0.05) is 13.0 Å². The standard InChI is InChI=1S/C10H14N2O2S/c1-2-9(13)11-5-6-12-10(14)8-4-3-7-15-8/h3-4,7H,2,5-6H2,1H3,(H,11,13)(H,12,14). The molecule has 0 spiro atoms. The van der Waals surface area contributed by atoms with Gasteiger partial charge in [-0.3, -0.25) is 9.59 Å². The average molecular weight is 226 g/mol. The van der Waals surface area contributed by atoms with E-state index in [1.807, 2.05) is 11.4 Å². The highest BCUT2D eigenvalue weighted by molar-refractivity contribution is 7.12. The van der Waals surface area contributed by atoms with E-state index in [0.717, 1.165) is 0 Å². The summed E-state index contributed by atoms with van der Waals surface area (Å²) in [5.74, 6) is -0.0869. The molecule has 1 aromatic heterocycles. The predicted molar refractivity (Wildman–Crippen MR) is 60.0 cm³/mol. The Balaban J connectivity index is 2.16. The van der Waals surface area contributed by atoms with Crippen molar-refractivity contribution in [3.05, 3.63) is 22.4 Å².